The molecule has 1 aromatic heterocycles. The van der Waals surface area contributed by atoms with Gasteiger partial charge in [0.25, 0.3) is 0 Å². The van der Waals surface area contributed by atoms with E-state index in [0.717, 1.165) is 25.9 Å². The summed E-state index contributed by atoms with van der Waals surface area (Å²) in [6, 6.07) is 6.38. The van der Waals surface area contributed by atoms with Crippen molar-refractivity contribution in [3.8, 4) is 11.6 Å². The maximum Gasteiger partial charge on any atom is 0.452 e. The average molecular weight is 442 g/mol. The van der Waals surface area contributed by atoms with Gasteiger partial charge in [0.1, 0.15) is 0 Å². The molecule has 0 amide bonds. The number of aliphatic hydroxyl groups is 1. The van der Waals surface area contributed by atoms with Gasteiger partial charge >= 0.3 is 17.9 Å². The van der Waals surface area contributed by atoms with Gasteiger partial charge in [0.2, 0.25) is 5.88 Å². The van der Waals surface area contributed by atoms with Gasteiger partial charge in [-0.2, -0.15) is 0 Å². The first kappa shape index (κ1) is 20.0. The Balaban J connectivity index is 1.56. The van der Waals surface area contributed by atoms with E-state index in [2.05, 4.69) is 5.10 Å². The fourth-order valence-corrected chi connectivity index (χ4v) is 3.50. The molecule has 2 aliphatic heterocycles. The highest BCUT2D eigenvalue weighted by atomic mass is 35.5. The van der Waals surface area contributed by atoms with E-state index in [4.69, 9.17) is 37.4 Å². The number of carbonyl (C=O) groups is 2. The molecule has 2 saturated heterocycles. The largest absolute Gasteiger partial charge is 0.452 e. The van der Waals surface area contributed by atoms with E-state index >= 15 is 0 Å². The van der Waals surface area contributed by atoms with Crippen LogP contribution in [0.15, 0.2) is 30.5 Å². The van der Waals surface area contributed by atoms with Gasteiger partial charge in [-0.15, -0.1) is 5.10 Å². The quantitative estimate of drug-likeness (QED) is 0.534. The minimum atomic E-state index is -2.30. The predicted molar refractivity (Wildman–Crippen MR) is 101 cm³/mol. The van der Waals surface area contributed by atoms with Crippen molar-refractivity contribution in [1.82, 2.24) is 14.7 Å². The molecule has 1 unspecified atom stereocenters. The van der Waals surface area contributed by atoms with Crippen molar-refractivity contribution in [2.24, 2.45) is 0 Å². The molecule has 154 valence electrons. The molecule has 3 heterocycles. The second-order valence-corrected chi connectivity index (χ2v) is 7.52. The first-order chi connectivity index (χ1) is 13.9. The first-order valence-electron chi connectivity index (χ1n) is 8.93. The number of hydrogen-bond donors (Lipinski definition) is 1. The lowest BCUT2D eigenvalue weighted by Gasteiger charge is -2.30. The van der Waals surface area contributed by atoms with Crippen molar-refractivity contribution < 1.29 is 28.9 Å². The molecule has 0 saturated carbocycles. The Hall–Kier alpha value is -2.33. The summed E-state index contributed by atoms with van der Waals surface area (Å²) < 4.78 is 17.0. The van der Waals surface area contributed by atoms with Crippen LogP contribution in [0.3, 0.4) is 0 Å². The molecular formula is C18H17Cl2N3O6. The molecule has 29 heavy (non-hydrogen) atoms. The Labute approximate surface area is 175 Å². The molecule has 4 rings (SSSR count). The second-order valence-electron chi connectivity index (χ2n) is 6.71. The van der Waals surface area contributed by atoms with E-state index < -0.39 is 24.0 Å². The Morgan fingerprint density at radius 2 is 1.83 bits per heavy atom. The third-order valence-electron chi connectivity index (χ3n) is 4.65. The highest BCUT2D eigenvalue weighted by Crippen LogP contribution is 2.30. The molecule has 1 atom stereocenters. The zero-order valence-corrected chi connectivity index (χ0v) is 16.6. The summed E-state index contributed by atoms with van der Waals surface area (Å²) in [5.74, 6) is -4.81. The topological polar surface area (TPSA) is 103 Å². The van der Waals surface area contributed by atoms with Crippen LogP contribution in [-0.2, 0) is 19.1 Å². The number of rotatable bonds is 6. The summed E-state index contributed by atoms with van der Waals surface area (Å²) in [5, 5.41) is 15.6. The number of carbonyl (C=O) groups excluding carboxylic acids is 2. The Kier molecular flexibility index (Phi) is 5.39. The van der Waals surface area contributed by atoms with Gasteiger partial charge in [-0.05, 0) is 44.1 Å². The van der Waals surface area contributed by atoms with Crippen LogP contribution in [0.1, 0.15) is 12.8 Å². The predicted octanol–water partition coefficient (Wildman–Crippen LogP) is 1.77. The number of aromatic nitrogens is 2. The van der Waals surface area contributed by atoms with Gasteiger partial charge < -0.3 is 24.2 Å². The highest BCUT2D eigenvalue weighted by molar-refractivity contribution is 6.42. The number of cyclic esters (lactones) is 2. The summed E-state index contributed by atoms with van der Waals surface area (Å²) in [5.41, 5.74) is 0.598. The zero-order valence-electron chi connectivity index (χ0n) is 15.1. The fraction of sp³-hybridized carbons (Fsp3) is 0.389. The number of halogens is 2. The van der Waals surface area contributed by atoms with Gasteiger partial charge in [0.05, 0.1) is 15.7 Å². The van der Waals surface area contributed by atoms with Crippen molar-refractivity contribution in [2.45, 2.75) is 24.9 Å². The van der Waals surface area contributed by atoms with Gasteiger partial charge in [-0.1, -0.05) is 23.2 Å². The number of hydrogen-bond acceptors (Lipinski definition) is 8. The number of likely N-dealkylation sites (tertiary alicyclic amines) is 1. The van der Waals surface area contributed by atoms with Crippen LogP contribution in [0.5, 0.6) is 5.88 Å². The lowest BCUT2D eigenvalue weighted by molar-refractivity contribution is -0.319. The van der Waals surface area contributed by atoms with Crippen molar-refractivity contribution in [1.29, 1.82) is 0 Å². The van der Waals surface area contributed by atoms with E-state index in [1.165, 1.54) is 10.7 Å². The molecule has 9 nitrogen and oxygen atoms in total. The van der Waals surface area contributed by atoms with E-state index in [1.54, 1.807) is 24.4 Å². The van der Waals surface area contributed by atoms with Crippen LogP contribution in [0.2, 0.25) is 10.0 Å². The number of esters is 2. The molecule has 0 bridgehead atoms. The number of aliphatic hydroxyl groups excluding tert-OH is 1. The minimum absolute atomic E-state index is 0.0287. The Morgan fingerprint density at radius 1 is 1.14 bits per heavy atom. The van der Waals surface area contributed by atoms with Crippen LogP contribution in [0.25, 0.3) is 5.69 Å². The van der Waals surface area contributed by atoms with Crippen molar-refractivity contribution >= 4 is 35.1 Å². The molecule has 0 radical (unpaired) electrons. The third-order valence-corrected chi connectivity index (χ3v) is 5.39. The van der Waals surface area contributed by atoms with E-state index in [1.807, 2.05) is 4.90 Å². The Bertz CT molecular complexity index is 927. The fourth-order valence-electron chi connectivity index (χ4n) is 3.21. The van der Waals surface area contributed by atoms with Crippen molar-refractivity contribution in [2.75, 3.05) is 19.6 Å². The van der Waals surface area contributed by atoms with Crippen LogP contribution in [0.4, 0.5) is 0 Å². The van der Waals surface area contributed by atoms with Crippen LogP contribution < -0.4 is 4.74 Å². The zero-order chi connectivity index (χ0) is 20.6. The summed E-state index contributed by atoms with van der Waals surface area (Å²) in [6.07, 6.45) is 2.13. The lowest BCUT2D eigenvalue weighted by atomic mass is 10.2. The van der Waals surface area contributed by atoms with Gasteiger partial charge in [0, 0.05) is 18.8 Å². The summed E-state index contributed by atoms with van der Waals surface area (Å²) >= 11 is 11.9. The third kappa shape index (κ3) is 4.04. The summed E-state index contributed by atoms with van der Waals surface area (Å²) in [7, 11) is 0. The number of β-amino-alcohol motifs (C(OH)–C–C–N with tert-alkyl or cyclic N) is 1. The molecule has 0 spiro atoms. The monoisotopic (exact) mass is 441 g/mol. The maximum atomic E-state index is 11.7. The summed E-state index contributed by atoms with van der Waals surface area (Å²) in [4.78, 5) is 25.3. The maximum absolute atomic E-state index is 11.7. The molecule has 1 aromatic carbocycles. The Morgan fingerprint density at radius 3 is 2.48 bits per heavy atom. The van der Waals surface area contributed by atoms with Crippen molar-refractivity contribution in [3.05, 3.63) is 40.5 Å². The molecule has 2 aromatic rings. The molecule has 2 aliphatic rings. The standard InChI is InChI=1S/C18H17Cl2N3O6/c19-12-4-3-11(9-13(12)20)23-8-5-15(21-23)27-18(28-16(25)17(26)29-18)14(24)10-22-6-1-2-7-22/h3-5,8-9,14,24H,1-2,6-7,10H2. The molecule has 2 fully saturated rings. The van der Waals surface area contributed by atoms with E-state index in [9.17, 15) is 14.7 Å². The van der Waals surface area contributed by atoms with Crippen LogP contribution in [0, 0.1) is 0 Å². The van der Waals surface area contributed by atoms with E-state index in [-0.39, 0.29) is 12.4 Å². The van der Waals surface area contributed by atoms with Crippen LogP contribution in [-0.4, -0.2) is 63.4 Å². The van der Waals surface area contributed by atoms with E-state index in [0.29, 0.717) is 15.7 Å². The number of benzene rings is 1. The minimum Gasteiger partial charge on any atom is -0.399 e. The number of nitrogens with zero attached hydrogens (tertiary/aromatic N) is 3. The number of ether oxygens (including phenoxy) is 3. The molecule has 0 aliphatic carbocycles. The molecular weight excluding hydrogens is 425 g/mol. The second kappa shape index (κ2) is 7.83. The van der Waals surface area contributed by atoms with Gasteiger partial charge in [0.15, 0.2) is 6.10 Å². The first-order valence-corrected chi connectivity index (χ1v) is 9.69. The highest BCUT2D eigenvalue weighted by Gasteiger charge is 2.58. The smallest absolute Gasteiger partial charge is 0.399 e. The SMILES string of the molecule is O=C1OC(Oc2ccn(-c3ccc(Cl)c(Cl)c3)n2)(C(O)CN2CCCC2)OC1=O. The van der Waals surface area contributed by atoms with Crippen LogP contribution >= 0.6 is 23.2 Å². The lowest BCUT2D eigenvalue weighted by Crippen LogP contribution is -2.53. The van der Waals surface area contributed by atoms with Crippen molar-refractivity contribution in [3.63, 3.8) is 0 Å². The normalized spacial score (nSPS) is 19.8. The average Bonchev–Trinajstić information content (AvgIpc) is 3.40. The summed E-state index contributed by atoms with van der Waals surface area (Å²) in [6.45, 7) is 1.66. The molecule has 11 heteroatoms. The molecule has 1 N–H and O–H groups in total. The van der Waals surface area contributed by atoms with Gasteiger partial charge in [-0.25, -0.2) is 14.3 Å². The van der Waals surface area contributed by atoms with Gasteiger partial charge in [-0.3, -0.25) is 0 Å².